The van der Waals surface area contributed by atoms with Gasteiger partial charge in [-0.25, -0.2) is 4.79 Å². The highest BCUT2D eigenvalue weighted by Gasteiger charge is 2.03. The van der Waals surface area contributed by atoms with Crippen LogP contribution in [0.2, 0.25) is 0 Å². The van der Waals surface area contributed by atoms with E-state index in [1.165, 1.54) is 12.2 Å². The summed E-state index contributed by atoms with van der Waals surface area (Å²) in [6.45, 7) is 12.6. The zero-order valence-electron chi connectivity index (χ0n) is 10.3. The summed E-state index contributed by atoms with van der Waals surface area (Å²) in [6, 6.07) is 1.77. The Morgan fingerprint density at radius 1 is 1.41 bits per heavy atom. The van der Waals surface area contributed by atoms with Crippen LogP contribution in [0.1, 0.15) is 19.8 Å². The average Bonchev–Trinajstić information content (AvgIpc) is 2.36. The SMILES string of the molecule is C=C(C=CC#N)C(=O)OCCCC.C=CC=C. The molecule has 0 aliphatic heterocycles. The zero-order valence-corrected chi connectivity index (χ0v) is 10.3. The van der Waals surface area contributed by atoms with Gasteiger partial charge in [0.2, 0.25) is 0 Å². The van der Waals surface area contributed by atoms with Gasteiger partial charge in [-0.3, -0.25) is 0 Å². The third-order valence-corrected chi connectivity index (χ3v) is 1.52. The van der Waals surface area contributed by atoms with Crippen LogP contribution in [-0.4, -0.2) is 12.6 Å². The summed E-state index contributed by atoms with van der Waals surface area (Å²) in [5, 5.41) is 8.18. The van der Waals surface area contributed by atoms with Crippen molar-refractivity contribution < 1.29 is 9.53 Å². The second kappa shape index (κ2) is 13.9. The van der Waals surface area contributed by atoms with Gasteiger partial charge in [0.1, 0.15) is 0 Å². The Balaban J connectivity index is 0. The lowest BCUT2D eigenvalue weighted by Gasteiger charge is -2.01. The van der Waals surface area contributed by atoms with Crippen molar-refractivity contribution in [3.05, 3.63) is 49.6 Å². The minimum absolute atomic E-state index is 0.206. The van der Waals surface area contributed by atoms with Crippen molar-refractivity contribution in [2.45, 2.75) is 19.8 Å². The normalized spacial score (nSPS) is 8.47. The van der Waals surface area contributed by atoms with E-state index in [2.05, 4.69) is 19.7 Å². The molecule has 0 N–H and O–H groups in total. The third kappa shape index (κ3) is 13.9. The lowest BCUT2D eigenvalue weighted by molar-refractivity contribution is -0.138. The molecule has 0 aromatic carbocycles. The third-order valence-electron chi connectivity index (χ3n) is 1.52. The van der Waals surface area contributed by atoms with Gasteiger partial charge in [0.05, 0.1) is 18.2 Å². The number of nitriles is 1. The van der Waals surface area contributed by atoms with Gasteiger partial charge in [-0.2, -0.15) is 5.26 Å². The first-order valence-electron chi connectivity index (χ1n) is 5.29. The van der Waals surface area contributed by atoms with Crippen molar-refractivity contribution >= 4 is 5.97 Å². The number of hydrogen-bond acceptors (Lipinski definition) is 3. The number of ether oxygens (including phenoxy) is 1. The van der Waals surface area contributed by atoms with Crippen molar-refractivity contribution in [1.29, 1.82) is 5.26 Å². The van der Waals surface area contributed by atoms with Crippen molar-refractivity contribution in [3.63, 3.8) is 0 Å². The van der Waals surface area contributed by atoms with E-state index >= 15 is 0 Å². The summed E-state index contributed by atoms with van der Waals surface area (Å²) in [6.07, 6.45) is 7.65. The summed E-state index contributed by atoms with van der Waals surface area (Å²) < 4.78 is 4.84. The molecule has 0 radical (unpaired) electrons. The van der Waals surface area contributed by atoms with Crippen LogP contribution in [0.15, 0.2) is 49.6 Å². The summed E-state index contributed by atoms with van der Waals surface area (Å²) in [5.41, 5.74) is 0.206. The summed E-state index contributed by atoms with van der Waals surface area (Å²) in [7, 11) is 0. The number of esters is 1. The van der Waals surface area contributed by atoms with Gasteiger partial charge in [0.25, 0.3) is 0 Å². The molecule has 92 valence electrons. The number of unbranched alkanes of at least 4 members (excludes halogenated alkanes) is 1. The zero-order chi connectivity index (χ0) is 13.5. The monoisotopic (exact) mass is 233 g/mol. The molecule has 0 aliphatic carbocycles. The van der Waals surface area contributed by atoms with E-state index in [-0.39, 0.29) is 5.57 Å². The Morgan fingerprint density at radius 2 is 2.00 bits per heavy atom. The molecule has 0 spiro atoms. The molecule has 0 aliphatic rings. The second-order valence-electron chi connectivity index (χ2n) is 2.95. The molecular weight excluding hydrogens is 214 g/mol. The highest BCUT2D eigenvalue weighted by molar-refractivity contribution is 5.90. The number of allylic oxidation sites excluding steroid dienone is 3. The van der Waals surface area contributed by atoms with E-state index in [9.17, 15) is 4.79 Å². The first-order chi connectivity index (χ1) is 8.13. The van der Waals surface area contributed by atoms with E-state index in [0.29, 0.717) is 6.61 Å². The number of hydrogen-bond donors (Lipinski definition) is 0. The van der Waals surface area contributed by atoms with E-state index < -0.39 is 5.97 Å². The predicted molar refractivity (Wildman–Crippen MR) is 70.2 cm³/mol. The Labute approximate surface area is 103 Å². The molecule has 3 nitrogen and oxygen atoms in total. The largest absolute Gasteiger partial charge is 0.462 e. The van der Waals surface area contributed by atoms with Gasteiger partial charge in [0.15, 0.2) is 0 Å². The number of nitrogens with zero attached hydrogens (tertiary/aromatic N) is 1. The van der Waals surface area contributed by atoms with E-state index in [1.807, 2.05) is 6.92 Å². The molecule has 0 aromatic rings. The molecule has 0 amide bonds. The fourth-order valence-electron chi connectivity index (χ4n) is 0.608. The molecular formula is C14H19NO2. The molecule has 0 aromatic heterocycles. The fraction of sp³-hybridized carbons (Fsp3) is 0.286. The quantitative estimate of drug-likeness (QED) is 0.232. The van der Waals surface area contributed by atoms with Crippen LogP contribution in [0.4, 0.5) is 0 Å². The number of carbonyl (C=O) groups excluding carboxylic acids is 1. The Bertz CT molecular complexity index is 316. The molecule has 0 bridgehead atoms. The lowest BCUT2D eigenvalue weighted by atomic mass is 10.3. The topological polar surface area (TPSA) is 50.1 Å². The number of rotatable bonds is 6. The average molecular weight is 233 g/mol. The molecule has 0 atom stereocenters. The Kier molecular flexibility index (Phi) is 14.2. The maximum atomic E-state index is 11.0. The van der Waals surface area contributed by atoms with E-state index in [0.717, 1.165) is 12.8 Å². The van der Waals surface area contributed by atoms with Gasteiger partial charge in [-0.1, -0.05) is 45.2 Å². The van der Waals surface area contributed by atoms with Crippen LogP contribution in [0.25, 0.3) is 0 Å². The van der Waals surface area contributed by atoms with Crippen LogP contribution in [0.5, 0.6) is 0 Å². The van der Waals surface area contributed by atoms with Gasteiger partial charge in [-0.05, 0) is 12.5 Å². The minimum Gasteiger partial charge on any atom is -0.462 e. The molecule has 0 fully saturated rings. The molecule has 3 heteroatoms. The fourth-order valence-corrected chi connectivity index (χ4v) is 0.608. The van der Waals surface area contributed by atoms with Crippen LogP contribution >= 0.6 is 0 Å². The molecule has 0 unspecified atom stereocenters. The van der Waals surface area contributed by atoms with E-state index in [1.54, 1.807) is 18.2 Å². The van der Waals surface area contributed by atoms with Crippen molar-refractivity contribution in [2.75, 3.05) is 6.61 Å². The molecule has 17 heavy (non-hydrogen) atoms. The van der Waals surface area contributed by atoms with Crippen LogP contribution in [-0.2, 0) is 9.53 Å². The van der Waals surface area contributed by atoms with Gasteiger partial charge >= 0.3 is 5.97 Å². The highest BCUT2D eigenvalue weighted by Crippen LogP contribution is 1.98. The van der Waals surface area contributed by atoms with Crippen molar-refractivity contribution in [1.82, 2.24) is 0 Å². The van der Waals surface area contributed by atoms with E-state index in [4.69, 9.17) is 10.00 Å². The van der Waals surface area contributed by atoms with Crippen LogP contribution < -0.4 is 0 Å². The maximum Gasteiger partial charge on any atom is 0.337 e. The summed E-state index contributed by atoms with van der Waals surface area (Å²) >= 11 is 0. The van der Waals surface area contributed by atoms with Gasteiger partial charge in [0, 0.05) is 6.08 Å². The number of carbonyl (C=O) groups is 1. The summed E-state index contributed by atoms with van der Waals surface area (Å²) in [4.78, 5) is 11.0. The summed E-state index contributed by atoms with van der Waals surface area (Å²) in [5.74, 6) is -0.458. The van der Waals surface area contributed by atoms with Gasteiger partial charge in [-0.15, -0.1) is 0 Å². The lowest BCUT2D eigenvalue weighted by Crippen LogP contribution is -2.06. The van der Waals surface area contributed by atoms with Crippen molar-refractivity contribution in [3.8, 4) is 6.07 Å². The Morgan fingerprint density at radius 3 is 2.41 bits per heavy atom. The van der Waals surface area contributed by atoms with Crippen LogP contribution in [0.3, 0.4) is 0 Å². The molecule has 0 rings (SSSR count). The molecule has 0 heterocycles. The standard InChI is InChI=1S/C10H13NO2.C4H6/c1-3-4-8-13-10(12)9(2)6-5-7-11;1-3-4-2/h5-6H,2-4,8H2,1H3;3-4H,1-2H2. The first kappa shape index (κ1) is 17.3. The smallest absolute Gasteiger partial charge is 0.337 e. The Hall–Kier alpha value is -2.08. The second-order valence-corrected chi connectivity index (χ2v) is 2.95. The van der Waals surface area contributed by atoms with Crippen LogP contribution in [0, 0.1) is 11.3 Å². The van der Waals surface area contributed by atoms with Gasteiger partial charge < -0.3 is 4.74 Å². The first-order valence-corrected chi connectivity index (χ1v) is 5.29. The predicted octanol–water partition coefficient (Wildman–Crippen LogP) is 3.32. The maximum absolute atomic E-state index is 11.0. The molecule has 0 saturated carbocycles. The molecule has 0 saturated heterocycles. The minimum atomic E-state index is -0.458. The van der Waals surface area contributed by atoms with Crippen molar-refractivity contribution in [2.24, 2.45) is 0 Å². The highest BCUT2D eigenvalue weighted by atomic mass is 16.5.